The van der Waals surface area contributed by atoms with Crippen molar-refractivity contribution in [3.05, 3.63) is 36.0 Å². The van der Waals surface area contributed by atoms with Crippen molar-refractivity contribution < 1.29 is 4.74 Å². The van der Waals surface area contributed by atoms with E-state index in [9.17, 15) is 0 Å². The van der Waals surface area contributed by atoms with Crippen molar-refractivity contribution in [3.63, 3.8) is 0 Å². The summed E-state index contributed by atoms with van der Waals surface area (Å²) in [6.45, 7) is 0.931. The highest BCUT2D eigenvalue weighted by molar-refractivity contribution is 5.82. The highest BCUT2D eigenvalue weighted by atomic mass is 16.6. The third kappa shape index (κ3) is 1.23. The van der Waals surface area contributed by atoms with Gasteiger partial charge in [0.1, 0.15) is 0 Å². The minimum atomic E-state index is 0.473. The summed E-state index contributed by atoms with van der Waals surface area (Å²) in [5.74, 6) is 0. The van der Waals surface area contributed by atoms with E-state index in [4.69, 9.17) is 4.74 Å². The Morgan fingerprint density at radius 2 is 2.31 bits per heavy atom. The smallest absolute Gasteiger partial charge is 0.0850 e. The third-order valence-electron chi connectivity index (χ3n) is 2.54. The molecule has 0 aliphatic carbocycles. The lowest BCUT2D eigenvalue weighted by atomic mass is 10.1. The van der Waals surface area contributed by atoms with Crippen LogP contribution >= 0.6 is 0 Å². The van der Waals surface area contributed by atoms with Gasteiger partial charge in [-0.1, -0.05) is 12.1 Å². The van der Waals surface area contributed by atoms with Gasteiger partial charge in [-0.2, -0.15) is 0 Å². The number of H-pyrrole nitrogens is 1. The van der Waals surface area contributed by atoms with E-state index in [0.29, 0.717) is 6.10 Å². The number of fused-ring (bicyclic) bond motifs is 1. The second-order valence-electron chi connectivity index (χ2n) is 3.52. The molecule has 2 aromatic rings. The molecule has 0 saturated carbocycles. The van der Waals surface area contributed by atoms with Gasteiger partial charge in [0.2, 0.25) is 0 Å². The van der Waals surface area contributed by atoms with Crippen LogP contribution in [0.5, 0.6) is 0 Å². The standard InChI is InChI=1S/C11H11NO/c1-2-8(6-9-7-13-9)10-4-5-12-11(10)3-1/h1-5,9,12H,6-7H2/t9-/m0/s1. The molecule has 2 nitrogen and oxygen atoms in total. The van der Waals surface area contributed by atoms with Crippen LogP contribution in [-0.4, -0.2) is 17.7 Å². The molecule has 0 spiro atoms. The number of hydrogen-bond acceptors (Lipinski definition) is 1. The van der Waals surface area contributed by atoms with Crippen LogP contribution < -0.4 is 0 Å². The molecule has 0 radical (unpaired) electrons. The Labute approximate surface area is 76.5 Å². The van der Waals surface area contributed by atoms with E-state index in [1.165, 1.54) is 16.5 Å². The Balaban J connectivity index is 2.09. The zero-order valence-corrected chi connectivity index (χ0v) is 7.29. The maximum atomic E-state index is 5.23. The summed E-state index contributed by atoms with van der Waals surface area (Å²) in [5.41, 5.74) is 2.61. The Bertz CT molecular complexity index is 428. The van der Waals surface area contributed by atoms with Crippen molar-refractivity contribution in [3.8, 4) is 0 Å². The number of benzene rings is 1. The lowest BCUT2D eigenvalue weighted by Crippen LogP contribution is -1.92. The Morgan fingerprint density at radius 3 is 3.15 bits per heavy atom. The van der Waals surface area contributed by atoms with Crippen LogP contribution in [0.3, 0.4) is 0 Å². The fraction of sp³-hybridized carbons (Fsp3) is 0.273. The van der Waals surface area contributed by atoms with Gasteiger partial charge in [0.25, 0.3) is 0 Å². The summed E-state index contributed by atoms with van der Waals surface area (Å²) in [7, 11) is 0. The fourth-order valence-electron chi connectivity index (χ4n) is 1.76. The number of aromatic amines is 1. The fourth-order valence-corrected chi connectivity index (χ4v) is 1.76. The molecule has 0 amide bonds. The summed E-state index contributed by atoms with van der Waals surface area (Å²) in [6.07, 6.45) is 3.51. The van der Waals surface area contributed by atoms with E-state index in [-0.39, 0.29) is 0 Å². The van der Waals surface area contributed by atoms with Gasteiger partial charge >= 0.3 is 0 Å². The molecule has 0 unspecified atom stereocenters. The quantitative estimate of drug-likeness (QED) is 0.692. The molecule has 1 N–H and O–H groups in total. The Hall–Kier alpha value is -1.28. The first kappa shape index (κ1) is 7.15. The molecule has 1 aromatic heterocycles. The molecule has 0 bridgehead atoms. The molecule has 13 heavy (non-hydrogen) atoms. The van der Waals surface area contributed by atoms with Gasteiger partial charge in [-0.25, -0.2) is 0 Å². The topological polar surface area (TPSA) is 28.3 Å². The van der Waals surface area contributed by atoms with E-state index in [2.05, 4.69) is 29.2 Å². The lowest BCUT2D eigenvalue weighted by Gasteiger charge is -1.99. The monoisotopic (exact) mass is 173 g/mol. The van der Waals surface area contributed by atoms with Crippen LogP contribution in [0.2, 0.25) is 0 Å². The molecule has 1 aliphatic heterocycles. The van der Waals surface area contributed by atoms with Crippen molar-refractivity contribution >= 4 is 10.9 Å². The number of epoxide rings is 1. The summed E-state index contributed by atoms with van der Waals surface area (Å²) in [5, 5.41) is 1.33. The molecule has 3 rings (SSSR count). The summed E-state index contributed by atoms with van der Waals surface area (Å²) < 4.78 is 5.23. The van der Waals surface area contributed by atoms with Crippen LogP contribution in [0.25, 0.3) is 10.9 Å². The average molecular weight is 173 g/mol. The molecule has 2 heteroatoms. The van der Waals surface area contributed by atoms with Crippen molar-refractivity contribution in [2.75, 3.05) is 6.61 Å². The summed E-state index contributed by atoms with van der Waals surface area (Å²) in [4.78, 5) is 3.21. The van der Waals surface area contributed by atoms with E-state index >= 15 is 0 Å². The predicted molar refractivity (Wildman–Crippen MR) is 51.7 cm³/mol. The van der Waals surface area contributed by atoms with Crippen molar-refractivity contribution in [2.24, 2.45) is 0 Å². The van der Waals surface area contributed by atoms with Gasteiger partial charge < -0.3 is 9.72 Å². The predicted octanol–water partition coefficient (Wildman–Crippen LogP) is 2.11. The first-order valence-electron chi connectivity index (χ1n) is 4.60. The van der Waals surface area contributed by atoms with Gasteiger partial charge in [0, 0.05) is 23.5 Å². The van der Waals surface area contributed by atoms with E-state index in [1.807, 2.05) is 6.20 Å². The molecule has 1 fully saturated rings. The van der Waals surface area contributed by atoms with Gasteiger partial charge in [0.15, 0.2) is 0 Å². The molecule has 66 valence electrons. The SMILES string of the molecule is c1cc(C[C@H]2CO2)c2cc[nH]c2c1. The van der Waals surface area contributed by atoms with Crippen LogP contribution in [0.4, 0.5) is 0 Å². The Morgan fingerprint density at radius 1 is 1.38 bits per heavy atom. The van der Waals surface area contributed by atoms with Crippen molar-refractivity contribution in [1.29, 1.82) is 0 Å². The molecule has 1 saturated heterocycles. The minimum Gasteiger partial charge on any atom is -0.373 e. The zero-order valence-electron chi connectivity index (χ0n) is 7.29. The van der Waals surface area contributed by atoms with Gasteiger partial charge in [-0.3, -0.25) is 0 Å². The molecule has 2 heterocycles. The van der Waals surface area contributed by atoms with Gasteiger partial charge in [0.05, 0.1) is 12.7 Å². The first-order chi connectivity index (χ1) is 6.43. The van der Waals surface area contributed by atoms with E-state index in [0.717, 1.165) is 13.0 Å². The number of hydrogen-bond donors (Lipinski definition) is 1. The molecular formula is C11H11NO. The van der Waals surface area contributed by atoms with Crippen molar-refractivity contribution in [1.82, 2.24) is 4.98 Å². The molecular weight excluding hydrogens is 162 g/mol. The van der Waals surface area contributed by atoms with Crippen LogP contribution in [0.1, 0.15) is 5.56 Å². The maximum Gasteiger partial charge on any atom is 0.0850 e. The summed E-state index contributed by atoms with van der Waals surface area (Å²) >= 11 is 0. The molecule has 1 aliphatic rings. The second-order valence-corrected chi connectivity index (χ2v) is 3.52. The minimum absolute atomic E-state index is 0.473. The normalized spacial score (nSPS) is 20.8. The highest BCUT2D eigenvalue weighted by Crippen LogP contribution is 2.22. The number of aromatic nitrogens is 1. The van der Waals surface area contributed by atoms with Crippen LogP contribution in [0, 0.1) is 0 Å². The zero-order chi connectivity index (χ0) is 8.67. The Kier molecular flexibility index (Phi) is 1.43. The number of ether oxygens (including phenoxy) is 1. The average Bonchev–Trinajstić information content (AvgIpc) is 2.83. The van der Waals surface area contributed by atoms with E-state index in [1.54, 1.807) is 0 Å². The number of rotatable bonds is 2. The first-order valence-corrected chi connectivity index (χ1v) is 4.60. The van der Waals surface area contributed by atoms with E-state index < -0.39 is 0 Å². The maximum absolute atomic E-state index is 5.23. The highest BCUT2D eigenvalue weighted by Gasteiger charge is 2.23. The van der Waals surface area contributed by atoms with Gasteiger partial charge in [-0.15, -0.1) is 0 Å². The van der Waals surface area contributed by atoms with Crippen LogP contribution in [0.15, 0.2) is 30.5 Å². The van der Waals surface area contributed by atoms with Gasteiger partial charge in [-0.05, 0) is 17.7 Å². The second kappa shape index (κ2) is 2.60. The largest absolute Gasteiger partial charge is 0.373 e. The third-order valence-corrected chi connectivity index (χ3v) is 2.54. The van der Waals surface area contributed by atoms with Crippen molar-refractivity contribution in [2.45, 2.75) is 12.5 Å². The number of nitrogens with one attached hydrogen (secondary N) is 1. The molecule has 1 atom stereocenters. The van der Waals surface area contributed by atoms with Crippen LogP contribution in [-0.2, 0) is 11.2 Å². The lowest BCUT2D eigenvalue weighted by molar-refractivity contribution is 0.408. The summed E-state index contributed by atoms with van der Waals surface area (Å²) in [6, 6.07) is 8.51. The molecule has 1 aromatic carbocycles.